The zero-order valence-corrected chi connectivity index (χ0v) is 11.5. The average Bonchev–Trinajstić information content (AvgIpc) is 2.28. The minimum Gasteiger partial charge on any atom is -0.462 e. The Kier molecular flexibility index (Phi) is 7.88. The zero-order valence-electron chi connectivity index (χ0n) is 11.5. The number of hydrogen-bond acceptors (Lipinski definition) is 3. The van der Waals surface area contributed by atoms with Crippen molar-refractivity contribution in [2.45, 2.75) is 40.5 Å². The quantitative estimate of drug-likeness (QED) is 0.526. The fraction of sp³-hybridized carbons (Fsp3) is 0.786. The second-order valence-corrected chi connectivity index (χ2v) is 5.08. The number of aliphatic hydroxyl groups is 1. The third kappa shape index (κ3) is 6.47. The van der Waals surface area contributed by atoms with Crippen LogP contribution in [-0.4, -0.2) is 24.3 Å². The first-order chi connectivity index (χ1) is 7.92. The highest BCUT2D eigenvalue weighted by Gasteiger charge is 2.19. The van der Waals surface area contributed by atoms with E-state index in [1.54, 1.807) is 6.92 Å². The van der Waals surface area contributed by atoms with Crippen LogP contribution in [0.4, 0.5) is 0 Å². The van der Waals surface area contributed by atoms with Crippen molar-refractivity contribution in [2.24, 2.45) is 17.8 Å². The van der Waals surface area contributed by atoms with Gasteiger partial charge in [0, 0.05) is 12.2 Å². The molecule has 0 aliphatic rings. The summed E-state index contributed by atoms with van der Waals surface area (Å²) in [6, 6.07) is 0. The summed E-state index contributed by atoms with van der Waals surface area (Å²) in [5.41, 5.74) is 0.433. The summed E-state index contributed by atoms with van der Waals surface area (Å²) in [6.45, 7) is 12.1. The molecule has 0 aliphatic carbocycles. The predicted molar refractivity (Wildman–Crippen MR) is 69.6 cm³/mol. The van der Waals surface area contributed by atoms with E-state index in [-0.39, 0.29) is 18.5 Å². The Labute approximate surface area is 105 Å². The van der Waals surface area contributed by atoms with Crippen molar-refractivity contribution in [3.63, 3.8) is 0 Å². The topological polar surface area (TPSA) is 46.5 Å². The van der Waals surface area contributed by atoms with E-state index in [1.165, 1.54) is 0 Å². The maximum Gasteiger partial charge on any atom is 0.333 e. The summed E-state index contributed by atoms with van der Waals surface area (Å²) in [6.07, 6.45) is 1.85. The first-order valence-electron chi connectivity index (χ1n) is 6.35. The summed E-state index contributed by atoms with van der Waals surface area (Å²) in [5, 5.41) is 9.28. The van der Waals surface area contributed by atoms with E-state index in [9.17, 15) is 9.90 Å². The van der Waals surface area contributed by atoms with Gasteiger partial charge in [-0.05, 0) is 31.1 Å². The van der Waals surface area contributed by atoms with Crippen molar-refractivity contribution in [2.75, 3.05) is 13.2 Å². The van der Waals surface area contributed by atoms with Crippen LogP contribution in [0.25, 0.3) is 0 Å². The van der Waals surface area contributed by atoms with E-state index in [4.69, 9.17) is 4.74 Å². The lowest BCUT2D eigenvalue weighted by atomic mass is 9.86. The van der Waals surface area contributed by atoms with Gasteiger partial charge in [0.2, 0.25) is 0 Å². The van der Waals surface area contributed by atoms with Crippen molar-refractivity contribution in [1.82, 2.24) is 0 Å². The van der Waals surface area contributed by atoms with Crippen LogP contribution in [0.15, 0.2) is 12.2 Å². The molecule has 3 heteroatoms. The first-order valence-corrected chi connectivity index (χ1v) is 6.35. The average molecular weight is 242 g/mol. The molecule has 0 heterocycles. The van der Waals surface area contributed by atoms with E-state index >= 15 is 0 Å². The summed E-state index contributed by atoms with van der Waals surface area (Å²) in [4.78, 5) is 11.3. The van der Waals surface area contributed by atoms with Gasteiger partial charge >= 0.3 is 5.97 Å². The number of aliphatic hydroxyl groups excluding tert-OH is 1. The van der Waals surface area contributed by atoms with Gasteiger partial charge in [-0.3, -0.25) is 0 Å². The predicted octanol–water partition coefficient (Wildman–Crippen LogP) is 2.79. The third-order valence-corrected chi connectivity index (χ3v) is 3.19. The van der Waals surface area contributed by atoms with E-state index in [2.05, 4.69) is 27.4 Å². The van der Waals surface area contributed by atoms with Crippen molar-refractivity contribution in [3.05, 3.63) is 12.2 Å². The number of ether oxygens (including phenoxy) is 1. The zero-order chi connectivity index (χ0) is 13.4. The molecule has 3 nitrogen and oxygen atoms in total. The van der Waals surface area contributed by atoms with Gasteiger partial charge in [-0.1, -0.05) is 33.8 Å². The van der Waals surface area contributed by atoms with Gasteiger partial charge in [0.25, 0.3) is 0 Å². The standard InChI is InChI=1S/C14H26O3/c1-6-12(7-13(8-15)10(2)3)9-17-14(16)11(4)5/h10,12-13,15H,4,6-9H2,1-3,5H3. The van der Waals surface area contributed by atoms with E-state index < -0.39 is 0 Å². The molecule has 100 valence electrons. The van der Waals surface area contributed by atoms with Crippen LogP contribution in [0, 0.1) is 17.8 Å². The van der Waals surface area contributed by atoms with Crippen LogP contribution in [0.1, 0.15) is 40.5 Å². The molecule has 0 aromatic carbocycles. The summed E-state index contributed by atoms with van der Waals surface area (Å²) in [7, 11) is 0. The molecule has 0 amide bonds. The van der Waals surface area contributed by atoms with Crippen molar-refractivity contribution < 1.29 is 14.6 Å². The molecule has 0 aromatic heterocycles. The van der Waals surface area contributed by atoms with Crippen LogP contribution in [0.3, 0.4) is 0 Å². The molecular weight excluding hydrogens is 216 g/mol. The van der Waals surface area contributed by atoms with Crippen molar-refractivity contribution in [1.29, 1.82) is 0 Å². The first kappa shape index (κ1) is 16.2. The highest BCUT2D eigenvalue weighted by Crippen LogP contribution is 2.22. The van der Waals surface area contributed by atoms with E-state index in [0.717, 1.165) is 12.8 Å². The lowest BCUT2D eigenvalue weighted by molar-refractivity contribution is -0.140. The van der Waals surface area contributed by atoms with E-state index in [1.807, 2.05) is 0 Å². The maximum absolute atomic E-state index is 11.3. The fourth-order valence-corrected chi connectivity index (χ4v) is 1.65. The monoisotopic (exact) mass is 242 g/mol. The Morgan fingerprint density at radius 3 is 2.35 bits per heavy atom. The molecule has 2 atom stereocenters. The summed E-state index contributed by atoms with van der Waals surface area (Å²) >= 11 is 0. The molecule has 0 aromatic rings. The molecule has 0 saturated heterocycles. The summed E-state index contributed by atoms with van der Waals surface area (Å²) in [5.74, 6) is 0.723. The normalized spacial score (nSPS) is 14.5. The lowest BCUT2D eigenvalue weighted by Crippen LogP contribution is -2.22. The molecule has 2 unspecified atom stereocenters. The Balaban J connectivity index is 4.15. The van der Waals surface area contributed by atoms with Gasteiger partial charge in [-0.25, -0.2) is 4.79 Å². The molecule has 0 aliphatic heterocycles. The van der Waals surface area contributed by atoms with Crippen LogP contribution < -0.4 is 0 Å². The van der Waals surface area contributed by atoms with Gasteiger partial charge in [0.05, 0.1) is 6.61 Å². The maximum atomic E-state index is 11.3. The highest BCUT2D eigenvalue weighted by atomic mass is 16.5. The molecule has 0 radical (unpaired) electrons. The van der Waals surface area contributed by atoms with Crippen molar-refractivity contribution >= 4 is 5.97 Å². The third-order valence-electron chi connectivity index (χ3n) is 3.19. The van der Waals surface area contributed by atoms with Crippen LogP contribution >= 0.6 is 0 Å². The fourth-order valence-electron chi connectivity index (χ4n) is 1.65. The molecular formula is C14H26O3. The van der Waals surface area contributed by atoms with Crippen LogP contribution in [0.2, 0.25) is 0 Å². The molecule has 0 rings (SSSR count). The Hall–Kier alpha value is -0.830. The molecule has 0 bridgehead atoms. The molecule has 0 spiro atoms. The number of carbonyl (C=O) groups is 1. The van der Waals surface area contributed by atoms with Crippen LogP contribution in [0.5, 0.6) is 0 Å². The second-order valence-electron chi connectivity index (χ2n) is 5.08. The smallest absolute Gasteiger partial charge is 0.333 e. The minimum atomic E-state index is -0.325. The van der Waals surface area contributed by atoms with Gasteiger partial charge in [-0.2, -0.15) is 0 Å². The summed E-state index contributed by atoms with van der Waals surface area (Å²) < 4.78 is 5.16. The minimum absolute atomic E-state index is 0.197. The number of carbonyl (C=O) groups excluding carboxylic acids is 1. The Morgan fingerprint density at radius 1 is 1.41 bits per heavy atom. The van der Waals surface area contributed by atoms with Gasteiger partial charge in [-0.15, -0.1) is 0 Å². The largest absolute Gasteiger partial charge is 0.462 e. The molecule has 17 heavy (non-hydrogen) atoms. The van der Waals surface area contributed by atoms with Crippen LogP contribution in [-0.2, 0) is 9.53 Å². The SMILES string of the molecule is C=C(C)C(=O)OCC(CC)CC(CO)C(C)C. The number of hydrogen-bond donors (Lipinski definition) is 1. The molecule has 0 saturated carbocycles. The second kappa shape index (κ2) is 8.29. The lowest BCUT2D eigenvalue weighted by Gasteiger charge is -2.23. The Morgan fingerprint density at radius 2 is 2.00 bits per heavy atom. The number of esters is 1. The van der Waals surface area contributed by atoms with E-state index in [0.29, 0.717) is 24.0 Å². The number of rotatable bonds is 8. The molecule has 1 N–H and O–H groups in total. The van der Waals surface area contributed by atoms with Crippen molar-refractivity contribution in [3.8, 4) is 0 Å². The van der Waals surface area contributed by atoms with Gasteiger partial charge < -0.3 is 9.84 Å². The Bertz CT molecular complexity index is 246. The van der Waals surface area contributed by atoms with Gasteiger partial charge in [0.15, 0.2) is 0 Å². The highest BCUT2D eigenvalue weighted by molar-refractivity contribution is 5.86. The molecule has 0 fully saturated rings. The van der Waals surface area contributed by atoms with Gasteiger partial charge in [0.1, 0.15) is 0 Å².